The quantitative estimate of drug-likeness (QED) is 0.516. The van der Waals surface area contributed by atoms with Gasteiger partial charge in [0.05, 0.1) is 29.3 Å². The number of nitrogens with zero attached hydrogens (tertiary/aromatic N) is 3. The van der Waals surface area contributed by atoms with E-state index in [1.165, 1.54) is 5.56 Å². The zero-order valence-corrected chi connectivity index (χ0v) is 19.9. The van der Waals surface area contributed by atoms with E-state index in [1.54, 1.807) is 12.1 Å². The zero-order valence-electron chi connectivity index (χ0n) is 19.9. The largest absolute Gasteiger partial charge is 0.490 e. The number of aromatic carboxylic acids is 1. The maximum Gasteiger partial charge on any atom is 0.335 e. The number of rotatable bonds is 8. The fraction of sp³-hybridized carbons (Fsp3) is 0.462. The Kier molecular flexibility index (Phi) is 6.88. The normalized spacial score (nSPS) is 15.3. The van der Waals surface area contributed by atoms with Crippen LogP contribution in [-0.4, -0.2) is 51.3 Å². The van der Waals surface area contributed by atoms with E-state index in [4.69, 9.17) is 9.47 Å². The lowest BCUT2D eigenvalue weighted by molar-refractivity contribution is 0.0697. The van der Waals surface area contributed by atoms with Gasteiger partial charge in [0.2, 0.25) is 0 Å². The molecule has 0 radical (unpaired) electrons. The van der Waals surface area contributed by atoms with Crippen molar-refractivity contribution in [1.82, 2.24) is 14.5 Å². The van der Waals surface area contributed by atoms with Crippen LogP contribution in [0.1, 0.15) is 61.4 Å². The topological polar surface area (TPSA) is 76.8 Å². The summed E-state index contributed by atoms with van der Waals surface area (Å²) in [5.74, 6) is 1.62. The second kappa shape index (κ2) is 9.83. The van der Waals surface area contributed by atoms with E-state index in [0.29, 0.717) is 12.6 Å². The Bertz CT molecular complexity index is 1130. The number of carboxylic acid groups (broad SMARTS) is 1. The molecule has 176 valence electrons. The number of hydrogen-bond acceptors (Lipinski definition) is 5. The predicted molar refractivity (Wildman–Crippen MR) is 128 cm³/mol. The number of hydrogen-bond donors (Lipinski definition) is 1. The van der Waals surface area contributed by atoms with Crippen LogP contribution < -0.4 is 9.47 Å². The number of benzene rings is 2. The van der Waals surface area contributed by atoms with Crippen LogP contribution in [0.15, 0.2) is 36.4 Å². The fourth-order valence-corrected chi connectivity index (χ4v) is 4.68. The summed E-state index contributed by atoms with van der Waals surface area (Å²) in [6.45, 7) is 11.5. The van der Waals surface area contributed by atoms with E-state index in [2.05, 4.69) is 26.6 Å². The van der Waals surface area contributed by atoms with Crippen LogP contribution in [0, 0.1) is 6.92 Å². The fourth-order valence-electron chi connectivity index (χ4n) is 4.68. The second-order valence-corrected chi connectivity index (χ2v) is 8.93. The Labute approximate surface area is 194 Å². The van der Waals surface area contributed by atoms with Crippen molar-refractivity contribution in [3.05, 3.63) is 53.3 Å². The molecule has 0 spiro atoms. The number of likely N-dealkylation sites (tertiary alicyclic amines) is 1. The maximum atomic E-state index is 11.3. The van der Waals surface area contributed by atoms with Gasteiger partial charge < -0.3 is 19.1 Å². The van der Waals surface area contributed by atoms with Crippen LogP contribution in [0.4, 0.5) is 0 Å². The Morgan fingerprint density at radius 3 is 2.58 bits per heavy atom. The smallest absolute Gasteiger partial charge is 0.335 e. The Hall–Kier alpha value is -3.06. The molecule has 0 atom stereocenters. The van der Waals surface area contributed by atoms with Crippen molar-refractivity contribution in [1.29, 1.82) is 0 Å². The number of imidazole rings is 1. The first-order chi connectivity index (χ1) is 15.9. The van der Waals surface area contributed by atoms with Crippen LogP contribution in [0.25, 0.3) is 11.0 Å². The third-order valence-corrected chi connectivity index (χ3v) is 6.11. The van der Waals surface area contributed by atoms with Gasteiger partial charge in [0.15, 0.2) is 11.5 Å². The summed E-state index contributed by atoms with van der Waals surface area (Å²) in [5.41, 5.74) is 3.26. The summed E-state index contributed by atoms with van der Waals surface area (Å²) in [6, 6.07) is 11.8. The van der Waals surface area contributed by atoms with Crippen molar-refractivity contribution in [2.75, 3.05) is 19.7 Å². The van der Waals surface area contributed by atoms with Gasteiger partial charge in [-0.3, -0.25) is 4.90 Å². The van der Waals surface area contributed by atoms with Crippen LogP contribution in [-0.2, 0) is 6.54 Å². The molecule has 7 nitrogen and oxygen atoms in total. The molecule has 1 fully saturated rings. The average Bonchev–Trinajstić information content (AvgIpc) is 3.11. The molecule has 0 amide bonds. The minimum absolute atomic E-state index is 0.104. The highest BCUT2D eigenvalue weighted by molar-refractivity contribution is 5.92. The van der Waals surface area contributed by atoms with E-state index in [0.717, 1.165) is 60.8 Å². The lowest BCUT2D eigenvalue weighted by atomic mass is 10.0. The maximum absolute atomic E-state index is 11.3. The standard InChI is InChI=1S/C26H33N3O4/c1-5-32-25-14-19(6-9-24(25)33-17(2)3)16-28-12-10-21(11-13-28)29-18(4)27-22-15-20(26(30)31)7-8-23(22)29/h6-9,14-15,17,21H,5,10-13,16H2,1-4H3,(H,30,31). The summed E-state index contributed by atoms with van der Waals surface area (Å²) in [7, 11) is 0. The molecular formula is C26H33N3O4. The summed E-state index contributed by atoms with van der Waals surface area (Å²) >= 11 is 0. The number of ether oxygens (including phenoxy) is 2. The van der Waals surface area contributed by atoms with Gasteiger partial charge in [0.1, 0.15) is 5.82 Å². The zero-order chi connectivity index (χ0) is 23.5. The highest BCUT2D eigenvalue weighted by Gasteiger charge is 2.24. The van der Waals surface area contributed by atoms with E-state index in [1.807, 2.05) is 39.8 Å². The van der Waals surface area contributed by atoms with Crippen molar-refractivity contribution < 1.29 is 19.4 Å². The first kappa shape index (κ1) is 23.1. The molecule has 3 aromatic rings. The molecule has 2 heterocycles. The molecule has 1 aliphatic rings. The van der Waals surface area contributed by atoms with Gasteiger partial charge in [0, 0.05) is 25.7 Å². The van der Waals surface area contributed by atoms with Gasteiger partial charge >= 0.3 is 5.97 Å². The van der Waals surface area contributed by atoms with E-state index in [9.17, 15) is 9.90 Å². The molecule has 1 aliphatic heterocycles. The Morgan fingerprint density at radius 1 is 1.15 bits per heavy atom. The third kappa shape index (κ3) is 5.14. The molecular weight excluding hydrogens is 418 g/mol. The van der Waals surface area contributed by atoms with Crippen LogP contribution in [0.5, 0.6) is 11.5 Å². The highest BCUT2D eigenvalue weighted by atomic mass is 16.5. The van der Waals surface area contributed by atoms with Gasteiger partial charge in [0.25, 0.3) is 0 Å². The van der Waals surface area contributed by atoms with Gasteiger partial charge in [-0.25, -0.2) is 9.78 Å². The summed E-state index contributed by atoms with van der Waals surface area (Å²) in [6.07, 6.45) is 2.16. The summed E-state index contributed by atoms with van der Waals surface area (Å²) < 4.78 is 14.0. The summed E-state index contributed by atoms with van der Waals surface area (Å²) in [5, 5.41) is 9.26. The first-order valence-electron chi connectivity index (χ1n) is 11.7. The van der Waals surface area contributed by atoms with Gasteiger partial charge in [-0.05, 0) is 76.4 Å². The monoisotopic (exact) mass is 451 g/mol. The van der Waals surface area contributed by atoms with Crippen molar-refractivity contribution in [3.8, 4) is 11.5 Å². The molecule has 0 saturated carbocycles. The SMILES string of the molecule is CCOc1cc(CN2CCC(n3c(C)nc4cc(C(=O)O)ccc43)CC2)ccc1OC(C)C. The molecule has 1 saturated heterocycles. The number of carbonyl (C=O) groups is 1. The number of aryl methyl sites for hydroxylation is 1. The second-order valence-electron chi connectivity index (χ2n) is 8.93. The van der Waals surface area contributed by atoms with Crippen molar-refractivity contribution in [2.45, 2.75) is 59.2 Å². The molecule has 4 rings (SSSR count). The number of piperidine rings is 1. The minimum Gasteiger partial charge on any atom is -0.490 e. The minimum atomic E-state index is -0.922. The van der Waals surface area contributed by atoms with E-state index >= 15 is 0 Å². The van der Waals surface area contributed by atoms with Crippen molar-refractivity contribution >= 4 is 17.0 Å². The van der Waals surface area contributed by atoms with Crippen LogP contribution >= 0.6 is 0 Å². The summed E-state index contributed by atoms with van der Waals surface area (Å²) in [4.78, 5) is 18.4. The lowest BCUT2D eigenvalue weighted by Crippen LogP contribution is -2.34. The van der Waals surface area contributed by atoms with Crippen LogP contribution in [0.3, 0.4) is 0 Å². The Morgan fingerprint density at radius 2 is 1.91 bits per heavy atom. The van der Waals surface area contributed by atoms with Gasteiger partial charge in [-0.2, -0.15) is 0 Å². The predicted octanol–water partition coefficient (Wildman–Crippen LogP) is 5.07. The Balaban J connectivity index is 1.44. The molecule has 0 aliphatic carbocycles. The van der Waals surface area contributed by atoms with Gasteiger partial charge in [-0.15, -0.1) is 0 Å². The number of fused-ring (bicyclic) bond motifs is 1. The van der Waals surface area contributed by atoms with E-state index < -0.39 is 5.97 Å². The van der Waals surface area contributed by atoms with Crippen molar-refractivity contribution in [3.63, 3.8) is 0 Å². The molecule has 2 aromatic carbocycles. The van der Waals surface area contributed by atoms with Crippen molar-refractivity contribution in [2.24, 2.45) is 0 Å². The van der Waals surface area contributed by atoms with Gasteiger partial charge in [-0.1, -0.05) is 6.07 Å². The highest BCUT2D eigenvalue weighted by Crippen LogP contribution is 2.32. The molecule has 0 bridgehead atoms. The van der Waals surface area contributed by atoms with Crippen LogP contribution in [0.2, 0.25) is 0 Å². The first-order valence-corrected chi connectivity index (χ1v) is 11.7. The molecule has 1 aromatic heterocycles. The molecule has 7 heteroatoms. The third-order valence-electron chi connectivity index (χ3n) is 6.11. The lowest BCUT2D eigenvalue weighted by Gasteiger charge is -2.33. The van der Waals surface area contributed by atoms with E-state index in [-0.39, 0.29) is 11.7 Å². The average molecular weight is 452 g/mol. The molecule has 33 heavy (non-hydrogen) atoms. The number of carboxylic acids is 1. The molecule has 1 N–H and O–H groups in total. The molecule has 0 unspecified atom stereocenters. The number of aromatic nitrogens is 2.